The molecule has 1 aliphatic carbocycles. The third-order valence-electron chi connectivity index (χ3n) is 6.17. The van der Waals surface area contributed by atoms with Crippen molar-refractivity contribution >= 4 is 15.9 Å². The van der Waals surface area contributed by atoms with Crippen LogP contribution < -0.4 is 10.0 Å². The van der Waals surface area contributed by atoms with E-state index in [2.05, 4.69) is 53.1 Å². The summed E-state index contributed by atoms with van der Waals surface area (Å²) in [6, 6.07) is 16.8. The zero-order valence-corrected chi connectivity index (χ0v) is 19.0. The van der Waals surface area contributed by atoms with Gasteiger partial charge in [0.05, 0.1) is 4.90 Å². The number of nitrogens with one attached hydrogen (secondary N) is 2. The van der Waals surface area contributed by atoms with Gasteiger partial charge in [-0.05, 0) is 48.4 Å². The Kier molecular flexibility index (Phi) is 6.19. The van der Waals surface area contributed by atoms with Gasteiger partial charge >= 0.3 is 0 Å². The first-order valence-corrected chi connectivity index (χ1v) is 12.4. The number of amides is 1. The summed E-state index contributed by atoms with van der Waals surface area (Å²) in [7, 11) is -3.58. The predicted molar refractivity (Wildman–Crippen MR) is 121 cm³/mol. The minimum Gasteiger partial charge on any atom is -0.349 e. The van der Waals surface area contributed by atoms with Crippen molar-refractivity contribution in [2.45, 2.75) is 56.6 Å². The van der Waals surface area contributed by atoms with E-state index in [0.717, 1.165) is 38.9 Å². The van der Waals surface area contributed by atoms with Crippen LogP contribution in [-0.4, -0.2) is 44.4 Å². The van der Waals surface area contributed by atoms with Gasteiger partial charge in [0.25, 0.3) is 5.91 Å². The van der Waals surface area contributed by atoms with Gasteiger partial charge in [-0.25, -0.2) is 13.1 Å². The Morgan fingerprint density at radius 3 is 2.48 bits per heavy atom. The number of nitrogens with zero attached hydrogens (tertiary/aromatic N) is 1. The molecule has 31 heavy (non-hydrogen) atoms. The van der Waals surface area contributed by atoms with Crippen LogP contribution in [-0.2, 0) is 16.6 Å². The van der Waals surface area contributed by atoms with Gasteiger partial charge in [0.1, 0.15) is 0 Å². The minimum atomic E-state index is -3.58. The topological polar surface area (TPSA) is 78.5 Å². The fourth-order valence-electron chi connectivity index (χ4n) is 4.25. The molecule has 1 saturated heterocycles. The summed E-state index contributed by atoms with van der Waals surface area (Å²) in [5.41, 5.74) is 1.57. The molecular weight excluding hydrogens is 410 g/mol. The molecule has 1 atom stereocenters. The Morgan fingerprint density at radius 2 is 1.81 bits per heavy atom. The maximum Gasteiger partial charge on any atom is 0.251 e. The van der Waals surface area contributed by atoms with Crippen LogP contribution in [0.3, 0.4) is 0 Å². The predicted octanol–water partition coefficient (Wildman–Crippen LogP) is 3.16. The maximum atomic E-state index is 12.9. The summed E-state index contributed by atoms with van der Waals surface area (Å²) in [5, 5.41) is 3.16. The first-order valence-electron chi connectivity index (χ1n) is 10.9. The summed E-state index contributed by atoms with van der Waals surface area (Å²) in [6.07, 6.45) is 2.60. The second-order valence-corrected chi connectivity index (χ2v) is 11.1. The van der Waals surface area contributed by atoms with Crippen LogP contribution in [0.4, 0.5) is 0 Å². The molecule has 7 heteroatoms. The van der Waals surface area contributed by atoms with Gasteiger partial charge in [-0.3, -0.25) is 9.69 Å². The number of hydrogen-bond acceptors (Lipinski definition) is 4. The van der Waals surface area contributed by atoms with E-state index in [1.54, 1.807) is 12.1 Å². The SMILES string of the molecule is CC1(C)CN(Cc2ccccc2)CC[C@H]1NC(=O)c1cccc(S(=O)(=O)NC2CC2)c1. The molecule has 1 amide bonds. The molecule has 0 spiro atoms. The molecule has 0 unspecified atom stereocenters. The van der Waals surface area contributed by atoms with E-state index in [9.17, 15) is 13.2 Å². The number of sulfonamides is 1. The smallest absolute Gasteiger partial charge is 0.251 e. The molecule has 1 heterocycles. The van der Waals surface area contributed by atoms with Crippen molar-refractivity contribution in [2.75, 3.05) is 13.1 Å². The number of carbonyl (C=O) groups is 1. The molecule has 166 valence electrons. The largest absolute Gasteiger partial charge is 0.349 e. The van der Waals surface area contributed by atoms with Gasteiger partial charge in [0.2, 0.25) is 10.0 Å². The highest BCUT2D eigenvalue weighted by Gasteiger charge is 2.37. The quantitative estimate of drug-likeness (QED) is 0.692. The third-order valence-corrected chi connectivity index (χ3v) is 7.69. The van der Waals surface area contributed by atoms with Crippen molar-refractivity contribution in [2.24, 2.45) is 5.41 Å². The van der Waals surface area contributed by atoms with Crippen LogP contribution in [0.5, 0.6) is 0 Å². The van der Waals surface area contributed by atoms with E-state index < -0.39 is 10.0 Å². The van der Waals surface area contributed by atoms with Gasteiger partial charge in [-0.15, -0.1) is 0 Å². The molecular formula is C24H31N3O3S. The van der Waals surface area contributed by atoms with E-state index >= 15 is 0 Å². The number of hydrogen-bond donors (Lipinski definition) is 2. The number of benzene rings is 2. The fourth-order valence-corrected chi connectivity index (χ4v) is 5.60. The highest BCUT2D eigenvalue weighted by atomic mass is 32.2. The average molecular weight is 442 g/mol. The summed E-state index contributed by atoms with van der Waals surface area (Å²) in [5.74, 6) is -0.224. The van der Waals surface area contributed by atoms with Gasteiger partial charge < -0.3 is 5.32 Å². The molecule has 0 aromatic heterocycles. The van der Waals surface area contributed by atoms with E-state index in [1.165, 1.54) is 17.7 Å². The Bertz CT molecular complexity index is 1030. The van der Waals surface area contributed by atoms with Crippen molar-refractivity contribution in [3.8, 4) is 0 Å². The first kappa shape index (κ1) is 22.0. The lowest BCUT2D eigenvalue weighted by Gasteiger charge is -2.44. The molecule has 0 radical (unpaired) electrons. The number of likely N-dealkylation sites (tertiary alicyclic amines) is 1. The number of carbonyl (C=O) groups excluding carboxylic acids is 1. The molecule has 2 aromatic carbocycles. The van der Waals surface area contributed by atoms with E-state index in [1.807, 2.05) is 6.07 Å². The van der Waals surface area contributed by atoms with Crippen molar-refractivity contribution in [3.05, 3.63) is 65.7 Å². The Morgan fingerprint density at radius 1 is 1.06 bits per heavy atom. The van der Waals surface area contributed by atoms with Gasteiger partial charge in [0, 0.05) is 37.3 Å². The zero-order valence-electron chi connectivity index (χ0n) is 18.2. The van der Waals surface area contributed by atoms with Crippen LogP contribution in [0.2, 0.25) is 0 Å². The lowest BCUT2D eigenvalue weighted by molar-refractivity contribution is 0.0616. The summed E-state index contributed by atoms with van der Waals surface area (Å²) < 4.78 is 27.6. The highest BCUT2D eigenvalue weighted by Crippen LogP contribution is 2.30. The molecule has 2 aromatic rings. The van der Waals surface area contributed by atoms with Crippen molar-refractivity contribution in [1.29, 1.82) is 0 Å². The standard InChI is InChI=1S/C24H31N3O3S/c1-24(2)17-27(16-18-7-4-3-5-8-18)14-13-22(24)25-23(28)19-9-6-10-21(15-19)31(29,30)26-20-11-12-20/h3-10,15,20,22,26H,11-14,16-17H2,1-2H3,(H,25,28)/t22-/m1/s1. The van der Waals surface area contributed by atoms with Crippen LogP contribution >= 0.6 is 0 Å². The van der Waals surface area contributed by atoms with Crippen LogP contribution in [0.25, 0.3) is 0 Å². The van der Waals surface area contributed by atoms with Gasteiger partial charge in [-0.2, -0.15) is 0 Å². The van der Waals surface area contributed by atoms with Crippen molar-refractivity contribution in [3.63, 3.8) is 0 Å². The average Bonchev–Trinajstić information content (AvgIpc) is 3.54. The molecule has 2 fully saturated rings. The van der Waals surface area contributed by atoms with Crippen molar-refractivity contribution in [1.82, 2.24) is 14.9 Å². The molecule has 2 aliphatic rings. The van der Waals surface area contributed by atoms with E-state index in [0.29, 0.717) is 5.56 Å². The second-order valence-electron chi connectivity index (χ2n) is 9.42. The molecule has 1 aliphatic heterocycles. The molecule has 1 saturated carbocycles. The fraction of sp³-hybridized carbons (Fsp3) is 0.458. The monoisotopic (exact) mass is 441 g/mol. The number of piperidine rings is 1. The van der Waals surface area contributed by atoms with Gasteiger partial charge in [0.15, 0.2) is 0 Å². The lowest BCUT2D eigenvalue weighted by Crippen LogP contribution is -2.55. The molecule has 0 bridgehead atoms. The van der Waals surface area contributed by atoms with Crippen LogP contribution in [0.1, 0.15) is 49.0 Å². The third kappa shape index (κ3) is 5.53. The Balaban J connectivity index is 1.40. The summed E-state index contributed by atoms with van der Waals surface area (Å²) >= 11 is 0. The first-order chi connectivity index (χ1) is 14.7. The highest BCUT2D eigenvalue weighted by molar-refractivity contribution is 7.89. The Labute approximate surface area is 185 Å². The normalized spacial score (nSPS) is 21.5. The van der Waals surface area contributed by atoms with Gasteiger partial charge in [-0.1, -0.05) is 50.2 Å². The molecule has 6 nitrogen and oxygen atoms in total. The van der Waals surface area contributed by atoms with Crippen LogP contribution in [0.15, 0.2) is 59.5 Å². The summed E-state index contributed by atoms with van der Waals surface area (Å²) in [4.78, 5) is 15.5. The minimum absolute atomic E-state index is 0.0249. The maximum absolute atomic E-state index is 12.9. The van der Waals surface area contributed by atoms with E-state index in [-0.39, 0.29) is 28.3 Å². The number of rotatable bonds is 7. The summed E-state index contributed by atoms with van der Waals surface area (Å²) in [6.45, 7) is 7.04. The Hall–Kier alpha value is -2.22. The molecule has 4 rings (SSSR count). The second kappa shape index (κ2) is 8.73. The van der Waals surface area contributed by atoms with E-state index in [4.69, 9.17) is 0 Å². The van der Waals surface area contributed by atoms with Crippen molar-refractivity contribution < 1.29 is 13.2 Å². The zero-order chi connectivity index (χ0) is 22.1. The molecule has 2 N–H and O–H groups in total. The van der Waals surface area contributed by atoms with Crippen LogP contribution in [0, 0.1) is 5.41 Å². The lowest BCUT2D eigenvalue weighted by atomic mass is 9.78.